The fourth-order valence-corrected chi connectivity index (χ4v) is 2.61. The van der Waals surface area contributed by atoms with Gasteiger partial charge in [0.1, 0.15) is 0 Å². The molecule has 1 aromatic carbocycles. The van der Waals surface area contributed by atoms with E-state index >= 15 is 0 Å². The summed E-state index contributed by atoms with van der Waals surface area (Å²) >= 11 is 6.01. The molecule has 0 bridgehead atoms. The van der Waals surface area contributed by atoms with Crippen molar-refractivity contribution in [2.75, 3.05) is 30.8 Å². The third-order valence-corrected chi connectivity index (χ3v) is 4.08. The summed E-state index contributed by atoms with van der Waals surface area (Å²) in [7, 11) is 3.53. The molecule has 2 amide bonds. The number of nitrogens with zero attached hydrogens (tertiary/aromatic N) is 3. The topological polar surface area (TPSA) is 79.3 Å². The van der Waals surface area contributed by atoms with E-state index in [1.54, 1.807) is 40.9 Å². The first-order valence-corrected chi connectivity index (χ1v) is 8.18. The number of aromatic nitrogens is 2. The molecule has 134 valence electrons. The lowest BCUT2D eigenvalue weighted by atomic mass is 10.3. The molecule has 0 saturated carbocycles. The molecule has 8 heteroatoms. The molecule has 7 nitrogen and oxygen atoms in total. The minimum atomic E-state index is -0.239. The van der Waals surface area contributed by atoms with Crippen molar-refractivity contribution in [2.45, 2.75) is 13.8 Å². The van der Waals surface area contributed by atoms with Crippen LogP contribution < -0.4 is 10.6 Å². The van der Waals surface area contributed by atoms with E-state index < -0.39 is 0 Å². The van der Waals surface area contributed by atoms with Crippen LogP contribution in [0.1, 0.15) is 11.4 Å². The molecule has 25 heavy (non-hydrogen) atoms. The van der Waals surface area contributed by atoms with Gasteiger partial charge in [-0.25, -0.2) is 0 Å². The number of hydrogen-bond donors (Lipinski definition) is 2. The van der Waals surface area contributed by atoms with E-state index in [9.17, 15) is 9.59 Å². The highest BCUT2D eigenvalue weighted by atomic mass is 35.5. The summed E-state index contributed by atoms with van der Waals surface area (Å²) in [5.74, 6) is -0.440. The van der Waals surface area contributed by atoms with E-state index in [1.165, 1.54) is 0 Å². The van der Waals surface area contributed by atoms with Crippen LogP contribution in [0.2, 0.25) is 5.02 Å². The van der Waals surface area contributed by atoms with Gasteiger partial charge in [-0.05, 0) is 33.0 Å². The Kier molecular flexibility index (Phi) is 6.17. The average molecular weight is 364 g/mol. The van der Waals surface area contributed by atoms with Gasteiger partial charge in [-0.3, -0.25) is 19.2 Å². The van der Waals surface area contributed by atoms with Crippen molar-refractivity contribution < 1.29 is 9.59 Å². The standard InChI is InChI=1S/C17H22ClN5O2/c1-11-17(12(2)23(4)21-11)20-16(25)10-22(3)9-15(24)19-14-8-6-5-7-13(14)18/h5-8H,9-10H2,1-4H3,(H,19,24)(H,20,25). The number of likely N-dealkylation sites (N-methyl/N-ethyl adjacent to an activating group) is 1. The normalized spacial score (nSPS) is 10.8. The Bertz CT molecular complexity index is 787. The molecule has 0 spiro atoms. The molecule has 0 fully saturated rings. The molecule has 0 radical (unpaired) electrons. The lowest BCUT2D eigenvalue weighted by molar-refractivity contribution is -0.119. The summed E-state index contributed by atoms with van der Waals surface area (Å²) in [4.78, 5) is 25.9. The van der Waals surface area contributed by atoms with Gasteiger partial charge in [-0.1, -0.05) is 23.7 Å². The molecule has 1 aromatic heterocycles. The first-order chi connectivity index (χ1) is 11.8. The van der Waals surface area contributed by atoms with Gasteiger partial charge in [-0.15, -0.1) is 0 Å². The highest BCUT2D eigenvalue weighted by Gasteiger charge is 2.15. The number of carbonyl (C=O) groups is 2. The lowest BCUT2D eigenvalue weighted by Gasteiger charge is -2.16. The van der Waals surface area contributed by atoms with Crippen molar-refractivity contribution in [3.8, 4) is 0 Å². The number of halogens is 1. The Hall–Kier alpha value is -2.38. The van der Waals surface area contributed by atoms with E-state index in [2.05, 4.69) is 15.7 Å². The minimum Gasteiger partial charge on any atom is -0.324 e. The van der Waals surface area contributed by atoms with Crippen LogP contribution >= 0.6 is 11.6 Å². The second-order valence-corrected chi connectivity index (χ2v) is 6.33. The first kappa shape index (κ1) is 19.0. The number of benzene rings is 1. The summed E-state index contributed by atoms with van der Waals surface area (Å²) < 4.78 is 1.71. The molecule has 2 aromatic rings. The fraction of sp³-hybridized carbons (Fsp3) is 0.353. The van der Waals surface area contributed by atoms with E-state index in [0.717, 1.165) is 11.4 Å². The zero-order valence-electron chi connectivity index (χ0n) is 14.8. The summed E-state index contributed by atoms with van der Waals surface area (Å²) in [6.07, 6.45) is 0. The van der Waals surface area contributed by atoms with Crippen LogP contribution in [0.4, 0.5) is 11.4 Å². The third kappa shape index (κ3) is 5.04. The number of nitrogens with one attached hydrogen (secondary N) is 2. The zero-order chi connectivity index (χ0) is 18.6. The van der Waals surface area contributed by atoms with E-state index in [-0.39, 0.29) is 24.9 Å². The number of amides is 2. The second-order valence-electron chi connectivity index (χ2n) is 5.92. The number of anilines is 2. The maximum absolute atomic E-state index is 12.2. The molecular formula is C17H22ClN5O2. The maximum Gasteiger partial charge on any atom is 0.238 e. The van der Waals surface area contributed by atoms with Crippen molar-refractivity contribution >= 4 is 34.8 Å². The Morgan fingerprint density at radius 1 is 1.16 bits per heavy atom. The highest BCUT2D eigenvalue weighted by molar-refractivity contribution is 6.33. The number of hydrogen-bond acceptors (Lipinski definition) is 4. The third-order valence-electron chi connectivity index (χ3n) is 3.75. The van der Waals surface area contributed by atoms with Gasteiger partial charge in [0.05, 0.1) is 40.9 Å². The van der Waals surface area contributed by atoms with E-state index in [4.69, 9.17) is 11.6 Å². The Morgan fingerprint density at radius 3 is 2.32 bits per heavy atom. The summed E-state index contributed by atoms with van der Waals surface area (Å²) in [6, 6.07) is 7.00. The molecule has 2 rings (SSSR count). The first-order valence-electron chi connectivity index (χ1n) is 7.81. The molecule has 0 aliphatic heterocycles. The molecule has 0 saturated heterocycles. The quantitative estimate of drug-likeness (QED) is 0.824. The number of rotatable bonds is 6. The Balaban J connectivity index is 1.87. The molecule has 0 aliphatic rings. The van der Waals surface area contributed by atoms with Crippen LogP contribution in [-0.4, -0.2) is 46.6 Å². The fourth-order valence-electron chi connectivity index (χ4n) is 2.43. The van der Waals surface area contributed by atoms with Gasteiger partial charge in [-0.2, -0.15) is 5.10 Å². The molecule has 0 aliphatic carbocycles. The van der Waals surface area contributed by atoms with Gasteiger partial charge in [0.25, 0.3) is 0 Å². The van der Waals surface area contributed by atoms with Crippen molar-refractivity contribution in [3.05, 3.63) is 40.7 Å². The van der Waals surface area contributed by atoms with E-state index in [1.807, 2.05) is 20.9 Å². The van der Waals surface area contributed by atoms with Crippen LogP contribution in [0.25, 0.3) is 0 Å². The maximum atomic E-state index is 12.2. The van der Waals surface area contributed by atoms with Crippen LogP contribution in [0.15, 0.2) is 24.3 Å². The van der Waals surface area contributed by atoms with Gasteiger partial charge >= 0.3 is 0 Å². The van der Waals surface area contributed by atoms with Gasteiger partial charge in [0.2, 0.25) is 11.8 Å². The molecule has 1 heterocycles. The predicted octanol–water partition coefficient (Wildman–Crippen LogP) is 2.20. The predicted molar refractivity (Wildman–Crippen MR) is 98.9 cm³/mol. The minimum absolute atomic E-state index is 0.0731. The second kappa shape index (κ2) is 8.13. The largest absolute Gasteiger partial charge is 0.324 e. The molecule has 2 N–H and O–H groups in total. The monoisotopic (exact) mass is 363 g/mol. The van der Waals surface area contributed by atoms with E-state index in [0.29, 0.717) is 16.4 Å². The number of carbonyl (C=O) groups excluding carboxylic acids is 2. The number of aryl methyl sites for hydroxylation is 2. The van der Waals surface area contributed by atoms with Crippen molar-refractivity contribution in [2.24, 2.45) is 7.05 Å². The molecule has 0 atom stereocenters. The summed E-state index contributed by atoms with van der Waals surface area (Å²) in [6.45, 7) is 3.88. The molecular weight excluding hydrogens is 342 g/mol. The van der Waals surface area contributed by atoms with Gasteiger partial charge in [0.15, 0.2) is 0 Å². The Labute approximate surface area is 152 Å². The lowest BCUT2D eigenvalue weighted by Crippen LogP contribution is -2.36. The number of para-hydroxylation sites is 1. The van der Waals surface area contributed by atoms with Crippen LogP contribution in [-0.2, 0) is 16.6 Å². The summed E-state index contributed by atoms with van der Waals surface area (Å²) in [5, 5.41) is 10.3. The van der Waals surface area contributed by atoms with Crippen LogP contribution in [0.3, 0.4) is 0 Å². The van der Waals surface area contributed by atoms with Gasteiger partial charge in [0, 0.05) is 7.05 Å². The van der Waals surface area contributed by atoms with Crippen molar-refractivity contribution in [3.63, 3.8) is 0 Å². The zero-order valence-corrected chi connectivity index (χ0v) is 15.5. The summed E-state index contributed by atoms with van der Waals surface area (Å²) in [5.41, 5.74) is 2.90. The Morgan fingerprint density at radius 2 is 1.76 bits per heavy atom. The molecule has 0 unspecified atom stereocenters. The van der Waals surface area contributed by atoms with Gasteiger partial charge < -0.3 is 10.6 Å². The van der Waals surface area contributed by atoms with Crippen LogP contribution in [0.5, 0.6) is 0 Å². The van der Waals surface area contributed by atoms with Crippen molar-refractivity contribution in [1.82, 2.24) is 14.7 Å². The van der Waals surface area contributed by atoms with Crippen LogP contribution in [0, 0.1) is 13.8 Å². The SMILES string of the molecule is Cc1nn(C)c(C)c1NC(=O)CN(C)CC(=O)Nc1ccccc1Cl. The average Bonchev–Trinajstić information content (AvgIpc) is 2.75. The highest BCUT2D eigenvalue weighted by Crippen LogP contribution is 2.20. The smallest absolute Gasteiger partial charge is 0.238 e. The van der Waals surface area contributed by atoms with Crippen molar-refractivity contribution in [1.29, 1.82) is 0 Å².